The minimum absolute atomic E-state index is 0.00850. The van der Waals surface area contributed by atoms with Crippen molar-refractivity contribution in [1.29, 1.82) is 0 Å². The molecule has 80 valence electrons. The van der Waals surface area contributed by atoms with Crippen LogP contribution in [0.5, 0.6) is 0 Å². The van der Waals surface area contributed by atoms with Crippen LogP contribution in [-0.2, 0) is 9.53 Å². The Balaban J connectivity index is 2.37. The largest absolute Gasteiger partial charge is 0.478 e. The van der Waals surface area contributed by atoms with Crippen molar-refractivity contribution in [1.82, 2.24) is 0 Å². The SMILES string of the molecule is CC(N)COC1CCC=C(C(=O)O)C1. The predicted octanol–water partition coefficient (Wildman–Crippen LogP) is 0.914. The van der Waals surface area contributed by atoms with E-state index in [2.05, 4.69) is 0 Å². The first-order chi connectivity index (χ1) is 6.59. The summed E-state index contributed by atoms with van der Waals surface area (Å²) in [5.74, 6) is -0.834. The van der Waals surface area contributed by atoms with Gasteiger partial charge in [0.15, 0.2) is 0 Å². The maximum Gasteiger partial charge on any atom is 0.331 e. The Morgan fingerprint density at radius 2 is 2.57 bits per heavy atom. The van der Waals surface area contributed by atoms with E-state index in [-0.39, 0.29) is 12.1 Å². The van der Waals surface area contributed by atoms with E-state index in [1.807, 2.05) is 6.92 Å². The zero-order valence-electron chi connectivity index (χ0n) is 8.40. The summed E-state index contributed by atoms with van der Waals surface area (Å²) >= 11 is 0. The molecule has 1 aliphatic carbocycles. The van der Waals surface area contributed by atoms with E-state index < -0.39 is 5.97 Å². The maximum absolute atomic E-state index is 10.7. The predicted molar refractivity (Wildman–Crippen MR) is 53.0 cm³/mol. The molecular formula is C10H17NO3. The van der Waals surface area contributed by atoms with Gasteiger partial charge in [-0.25, -0.2) is 4.79 Å². The molecule has 0 bridgehead atoms. The number of carbonyl (C=O) groups is 1. The summed E-state index contributed by atoms with van der Waals surface area (Å²) in [6.45, 7) is 2.37. The zero-order valence-corrected chi connectivity index (χ0v) is 8.40. The normalized spacial score (nSPS) is 24.1. The van der Waals surface area contributed by atoms with Crippen LogP contribution in [0, 0.1) is 0 Å². The molecule has 14 heavy (non-hydrogen) atoms. The van der Waals surface area contributed by atoms with Crippen LogP contribution in [0.2, 0.25) is 0 Å². The van der Waals surface area contributed by atoms with E-state index in [4.69, 9.17) is 15.6 Å². The third-order valence-corrected chi connectivity index (χ3v) is 2.20. The van der Waals surface area contributed by atoms with Crippen LogP contribution in [0.1, 0.15) is 26.2 Å². The number of aliphatic carboxylic acids is 1. The van der Waals surface area contributed by atoms with Crippen molar-refractivity contribution >= 4 is 5.97 Å². The van der Waals surface area contributed by atoms with Gasteiger partial charge in [-0.1, -0.05) is 6.08 Å². The number of allylic oxidation sites excluding steroid dienone is 1. The number of hydrogen-bond acceptors (Lipinski definition) is 3. The topological polar surface area (TPSA) is 72.5 Å². The second kappa shape index (κ2) is 5.12. The Labute approximate surface area is 83.7 Å². The molecule has 0 aromatic carbocycles. The average Bonchev–Trinajstić information content (AvgIpc) is 2.15. The summed E-state index contributed by atoms with van der Waals surface area (Å²) in [6, 6.07) is 0.00850. The highest BCUT2D eigenvalue weighted by atomic mass is 16.5. The van der Waals surface area contributed by atoms with Crippen LogP contribution in [-0.4, -0.2) is 29.8 Å². The van der Waals surface area contributed by atoms with Crippen LogP contribution >= 0.6 is 0 Å². The van der Waals surface area contributed by atoms with Gasteiger partial charge in [-0.15, -0.1) is 0 Å². The van der Waals surface area contributed by atoms with E-state index in [1.165, 1.54) is 0 Å². The van der Waals surface area contributed by atoms with Gasteiger partial charge in [0, 0.05) is 18.0 Å². The fourth-order valence-electron chi connectivity index (χ4n) is 1.48. The lowest BCUT2D eigenvalue weighted by atomic mass is 9.97. The van der Waals surface area contributed by atoms with Gasteiger partial charge >= 0.3 is 5.97 Å². The lowest BCUT2D eigenvalue weighted by molar-refractivity contribution is -0.133. The van der Waals surface area contributed by atoms with Gasteiger partial charge in [0.2, 0.25) is 0 Å². The van der Waals surface area contributed by atoms with Gasteiger partial charge in [0.25, 0.3) is 0 Å². The number of ether oxygens (including phenoxy) is 1. The van der Waals surface area contributed by atoms with E-state index >= 15 is 0 Å². The molecular weight excluding hydrogens is 182 g/mol. The Morgan fingerprint density at radius 1 is 1.86 bits per heavy atom. The standard InChI is InChI=1S/C10H17NO3/c1-7(11)6-14-9-4-2-3-8(5-9)10(12)13/h3,7,9H,2,4-6,11H2,1H3,(H,12,13). The van der Waals surface area contributed by atoms with Crippen molar-refractivity contribution in [3.63, 3.8) is 0 Å². The molecule has 4 nitrogen and oxygen atoms in total. The number of nitrogens with two attached hydrogens (primary N) is 1. The van der Waals surface area contributed by atoms with Gasteiger partial charge in [-0.05, 0) is 19.8 Å². The van der Waals surface area contributed by atoms with Gasteiger partial charge in [0.1, 0.15) is 0 Å². The first kappa shape index (κ1) is 11.2. The summed E-state index contributed by atoms with van der Waals surface area (Å²) in [4.78, 5) is 10.7. The van der Waals surface area contributed by atoms with E-state index in [0.717, 1.165) is 12.8 Å². The molecule has 2 atom stereocenters. The Morgan fingerprint density at radius 3 is 3.14 bits per heavy atom. The molecule has 2 unspecified atom stereocenters. The second-order valence-corrected chi connectivity index (χ2v) is 3.75. The molecule has 3 N–H and O–H groups in total. The van der Waals surface area contributed by atoms with Crippen molar-refractivity contribution < 1.29 is 14.6 Å². The van der Waals surface area contributed by atoms with Crippen molar-refractivity contribution in [3.05, 3.63) is 11.6 Å². The minimum Gasteiger partial charge on any atom is -0.478 e. The first-order valence-electron chi connectivity index (χ1n) is 4.89. The van der Waals surface area contributed by atoms with Crippen LogP contribution in [0.25, 0.3) is 0 Å². The molecule has 1 rings (SSSR count). The number of rotatable bonds is 4. The molecule has 0 aromatic heterocycles. The molecule has 0 spiro atoms. The van der Waals surface area contributed by atoms with Crippen LogP contribution in [0.4, 0.5) is 0 Å². The van der Waals surface area contributed by atoms with Gasteiger partial charge in [-0.3, -0.25) is 0 Å². The van der Waals surface area contributed by atoms with Crippen LogP contribution < -0.4 is 5.73 Å². The molecule has 0 fully saturated rings. The molecule has 0 aliphatic heterocycles. The molecule has 4 heteroatoms. The van der Waals surface area contributed by atoms with Crippen molar-refractivity contribution in [2.45, 2.75) is 38.3 Å². The number of carboxylic acids is 1. The van der Waals surface area contributed by atoms with Gasteiger partial charge in [-0.2, -0.15) is 0 Å². The monoisotopic (exact) mass is 199 g/mol. The zero-order chi connectivity index (χ0) is 10.6. The first-order valence-corrected chi connectivity index (χ1v) is 4.89. The summed E-state index contributed by atoms with van der Waals surface area (Å²) < 4.78 is 5.50. The quantitative estimate of drug-likeness (QED) is 0.706. The Bertz CT molecular complexity index is 236. The van der Waals surface area contributed by atoms with Crippen molar-refractivity contribution in [2.24, 2.45) is 5.73 Å². The summed E-state index contributed by atoms with van der Waals surface area (Å²) in [6.07, 6.45) is 3.97. The Hall–Kier alpha value is -0.870. The lowest BCUT2D eigenvalue weighted by Crippen LogP contribution is -2.28. The second-order valence-electron chi connectivity index (χ2n) is 3.75. The highest BCUT2D eigenvalue weighted by molar-refractivity contribution is 5.86. The fraction of sp³-hybridized carbons (Fsp3) is 0.700. The summed E-state index contributed by atoms with van der Waals surface area (Å²) in [5.41, 5.74) is 6.01. The molecule has 1 aliphatic rings. The van der Waals surface area contributed by atoms with E-state index in [9.17, 15) is 4.79 Å². The maximum atomic E-state index is 10.7. The summed E-state index contributed by atoms with van der Waals surface area (Å²) in [5, 5.41) is 8.78. The van der Waals surface area contributed by atoms with Gasteiger partial charge < -0.3 is 15.6 Å². The molecule has 0 radical (unpaired) electrons. The molecule has 0 aromatic rings. The molecule has 0 saturated heterocycles. The molecule has 0 saturated carbocycles. The third-order valence-electron chi connectivity index (χ3n) is 2.20. The van der Waals surface area contributed by atoms with E-state index in [0.29, 0.717) is 18.6 Å². The Kier molecular flexibility index (Phi) is 4.10. The third kappa shape index (κ3) is 3.47. The van der Waals surface area contributed by atoms with Crippen molar-refractivity contribution in [3.8, 4) is 0 Å². The number of carboxylic acid groups (broad SMARTS) is 1. The average molecular weight is 199 g/mol. The lowest BCUT2D eigenvalue weighted by Gasteiger charge is -2.22. The van der Waals surface area contributed by atoms with Gasteiger partial charge in [0.05, 0.1) is 12.7 Å². The highest BCUT2D eigenvalue weighted by Gasteiger charge is 2.20. The van der Waals surface area contributed by atoms with Crippen LogP contribution in [0.15, 0.2) is 11.6 Å². The smallest absolute Gasteiger partial charge is 0.331 e. The molecule has 0 amide bonds. The fourth-order valence-corrected chi connectivity index (χ4v) is 1.48. The molecule has 0 heterocycles. The van der Waals surface area contributed by atoms with Crippen molar-refractivity contribution in [2.75, 3.05) is 6.61 Å². The highest BCUT2D eigenvalue weighted by Crippen LogP contribution is 2.21. The van der Waals surface area contributed by atoms with Crippen LogP contribution in [0.3, 0.4) is 0 Å². The minimum atomic E-state index is -0.834. The van der Waals surface area contributed by atoms with E-state index in [1.54, 1.807) is 6.08 Å². The summed E-state index contributed by atoms with van der Waals surface area (Å²) in [7, 11) is 0. The number of hydrogen-bond donors (Lipinski definition) is 2.